The van der Waals surface area contributed by atoms with Gasteiger partial charge in [-0.3, -0.25) is 0 Å². The molecule has 1 heterocycles. The number of hydrogen-bond donors (Lipinski definition) is 1. The fraction of sp³-hybridized carbons (Fsp3) is 0.250. The summed E-state index contributed by atoms with van der Waals surface area (Å²) in [6.45, 7) is 3.14. The van der Waals surface area contributed by atoms with Crippen LogP contribution in [0.3, 0.4) is 0 Å². The maximum Gasteiger partial charge on any atom is 0.335 e. The fourth-order valence-corrected chi connectivity index (χ4v) is 3.81. The molecule has 0 saturated carbocycles. The van der Waals surface area contributed by atoms with Gasteiger partial charge >= 0.3 is 5.97 Å². The zero-order valence-corrected chi connectivity index (χ0v) is 13.5. The van der Waals surface area contributed by atoms with Crippen molar-refractivity contribution in [3.63, 3.8) is 0 Å². The van der Waals surface area contributed by atoms with Crippen molar-refractivity contribution in [1.82, 2.24) is 10.2 Å². The van der Waals surface area contributed by atoms with Gasteiger partial charge in [-0.15, -0.1) is 10.2 Å². The molecule has 0 saturated heterocycles. The molecule has 1 N–H and O–H groups in total. The molecule has 21 heavy (non-hydrogen) atoms. The summed E-state index contributed by atoms with van der Waals surface area (Å²) in [6, 6.07) is 2.48. The van der Waals surface area contributed by atoms with Crippen molar-refractivity contribution in [2.75, 3.05) is 0 Å². The second kappa shape index (κ2) is 5.57. The predicted molar refractivity (Wildman–Crippen MR) is 75.8 cm³/mol. The Morgan fingerprint density at radius 1 is 1.33 bits per heavy atom. The molecule has 1 aromatic carbocycles. The summed E-state index contributed by atoms with van der Waals surface area (Å²) in [5, 5.41) is 16.2. The lowest BCUT2D eigenvalue weighted by Gasteiger charge is -2.09. The number of aromatic carboxylic acids is 1. The molecule has 0 spiro atoms. The molecule has 7 nitrogen and oxygen atoms in total. The fourth-order valence-electron chi connectivity index (χ4n) is 1.74. The van der Waals surface area contributed by atoms with Crippen LogP contribution >= 0.6 is 15.9 Å². The summed E-state index contributed by atoms with van der Waals surface area (Å²) < 4.78 is 30.3. The first kappa shape index (κ1) is 15.6. The number of aromatic nitrogens is 2. The van der Waals surface area contributed by atoms with Crippen LogP contribution in [0.2, 0.25) is 0 Å². The van der Waals surface area contributed by atoms with Gasteiger partial charge in [0.25, 0.3) is 0 Å². The molecule has 0 atom stereocenters. The maximum absolute atomic E-state index is 12.4. The van der Waals surface area contributed by atoms with E-state index in [1.54, 1.807) is 13.8 Å². The van der Waals surface area contributed by atoms with Crippen molar-refractivity contribution in [3.8, 4) is 0 Å². The Balaban J connectivity index is 2.51. The van der Waals surface area contributed by atoms with Gasteiger partial charge in [0.15, 0.2) is 9.84 Å². The zero-order chi connectivity index (χ0) is 15.8. The molecule has 0 aliphatic rings. The highest BCUT2D eigenvalue weighted by Crippen LogP contribution is 2.28. The molecule has 2 rings (SSSR count). The number of halogens is 1. The number of carbonyl (C=O) groups is 1. The molecule has 1 aromatic heterocycles. The number of sulfone groups is 1. The number of rotatable bonds is 4. The first-order chi connectivity index (χ1) is 9.70. The summed E-state index contributed by atoms with van der Waals surface area (Å²) in [5.74, 6) is -1.47. The van der Waals surface area contributed by atoms with Gasteiger partial charge in [-0.05, 0) is 24.6 Å². The third-order valence-electron chi connectivity index (χ3n) is 2.76. The normalized spacial score (nSPS) is 11.6. The van der Waals surface area contributed by atoms with E-state index < -0.39 is 21.6 Å². The Hall–Kier alpha value is -1.74. The number of nitrogens with zero attached hydrogens (tertiary/aromatic N) is 2. The van der Waals surface area contributed by atoms with Crippen LogP contribution in [-0.2, 0) is 15.6 Å². The van der Waals surface area contributed by atoms with Gasteiger partial charge in [0.2, 0.25) is 11.8 Å². The molecule has 0 unspecified atom stereocenters. The molecule has 0 bridgehead atoms. The minimum Gasteiger partial charge on any atom is -0.478 e. The number of hydrogen-bond acceptors (Lipinski definition) is 6. The molecule has 0 aliphatic carbocycles. The summed E-state index contributed by atoms with van der Waals surface area (Å²) in [6.07, 6.45) is 0. The van der Waals surface area contributed by atoms with Crippen LogP contribution in [0, 0.1) is 13.8 Å². The molecule has 0 radical (unpaired) electrons. The molecule has 2 aromatic rings. The molecule has 0 amide bonds. The largest absolute Gasteiger partial charge is 0.478 e. The van der Waals surface area contributed by atoms with Crippen molar-refractivity contribution in [2.45, 2.75) is 24.5 Å². The number of carboxylic acid groups (broad SMARTS) is 1. The highest BCUT2D eigenvalue weighted by atomic mass is 79.9. The SMILES string of the molecule is Cc1nnc(CS(=O)(=O)c2cc(C(=O)O)cc(Br)c2C)o1. The van der Waals surface area contributed by atoms with E-state index in [2.05, 4.69) is 26.1 Å². The van der Waals surface area contributed by atoms with E-state index in [1.807, 2.05) is 0 Å². The summed E-state index contributed by atoms with van der Waals surface area (Å²) in [7, 11) is -3.80. The number of benzene rings is 1. The van der Waals surface area contributed by atoms with Crippen LogP contribution in [0.25, 0.3) is 0 Å². The highest BCUT2D eigenvalue weighted by Gasteiger charge is 2.24. The van der Waals surface area contributed by atoms with Gasteiger partial charge in [-0.1, -0.05) is 15.9 Å². The Morgan fingerprint density at radius 2 is 2.00 bits per heavy atom. The first-order valence-corrected chi connectivity index (χ1v) is 8.20. The molecule has 9 heteroatoms. The van der Waals surface area contributed by atoms with Crippen LogP contribution < -0.4 is 0 Å². The Kier molecular flexibility index (Phi) is 4.15. The second-order valence-corrected chi connectivity index (χ2v) is 7.17. The monoisotopic (exact) mass is 374 g/mol. The van der Waals surface area contributed by atoms with E-state index in [9.17, 15) is 13.2 Å². The predicted octanol–water partition coefficient (Wildman–Crippen LogP) is 2.12. The first-order valence-electron chi connectivity index (χ1n) is 5.76. The summed E-state index contributed by atoms with van der Waals surface area (Å²) in [4.78, 5) is 11.0. The van der Waals surface area contributed by atoms with Gasteiger partial charge < -0.3 is 9.52 Å². The topological polar surface area (TPSA) is 110 Å². The number of aryl methyl sites for hydroxylation is 1. The zero-order valence-electron chi connectivity index (χ0n) is 11.1. The Bertz CT molecular complexity index is 813. The average molecular weight is 375 g/mol. The highest BCUT2D eigenvalue weighted by molar-refractivity contribution is 9.10. The molecule has 112 valence electrons. The van der Waals surface area contributed by atoms with Crippen LogP contribution in [0.5, 0.6) is 0 Å². The number of carboxylic acids is 1. The summed E-state index contributed by atoms with van der Waals surface area (Å²) in [5.41, 5.74) is 0.309. The molecular formula is C12H11BrN2O5S. The van der Waals surface area contributed by atoms with E-state index >= 15 is 0 Å². The van der Waals surface area contributed by atoms with Gasteiger partial charge in [-0.2, -0.15) is 0 Å². The minimum atomic E-state index is -3.80. The quantitative estimate of drug-likeness (QED) is 0.871. The second-order valence-electron chi connectivity index (χ2n) is 4.36. The Labute approximate surface area is 129 Å². The van der Waals surface area contributed by atoms with Crippen molar-refractivity contribution >= 4 is 31.7 Å². The van der Waals surface area contributed by atoms with Crippen molar-refractivity contribution in [1.29, 1.82) is 0 Å². The molecule has 0 fully saturated rings. The lowest BCUT2D eigenvalue weighted by molar-refractivity contribution is 0.0696. The van der Waals surface area contributed by atoms with Crippen LogP contribution in [0.1, 0.15) is 27.7 Å². The van der Waals surface area contributed by atoms with Crippen LogP contribution in [0.15, 0.2) is 25.9 Å². The van der Waals surface area contributed by atoms with E-state index in [4.69, 9.17) is 9.52 Å². The van der Waals surface area contributed by atoms with E-state index in [0.717, 1.165) is 6.07 Å². The molecular weight excluding hydrogens is 364 g/mol. The van der Waals surface area contributed by atoms with E-state index in [1.165, 1.54) is 6.07 Å². The van der Waals surface area contributed by atoms with Crippen molar-refractivity contribution < 1.29 is 22.7 Å². The van der Waals surface area contributed by atoms with Crippen molar-refractivity contribution in [2.24, 2.45) is 0 Å². The standard InChI is InChI=1S/C12H11BrN2O5S/c1-6-9(13)3-8(12(16)17)4-10(6)21(18,19)5-11-15-14-7(2)20-11/h3-4H,5H2,1-2H3,(H,16,17). The minimum absolute atomic E-state index is 0.0382. The average Bonchev–Trinajstić information content (AvgIpc) is 2.76. The maximum atomic E-state index is 12.4. The molecule has 0 aliphatic heterocycles. The van der Waals surface area contributed by atoms with Gasteiger partial charge in [0.05, 0.1) is 10.5 Å². The van der Waals surface area contributed by atoms with Crippen LogP contribution in [-0.4, -0.2) is 29.7 Å². The van der Waals surface area contributed by atoms with Gasteiger partial charge in [0.1, 0.15) is 5.75 Å². The van der Waals surface area contributed by atoms with Crippen LogP contribution in [0.4, 0.5) is 0 Å². The van der Waals surface area contributed by atoms with Gasteiger partial charge in [-0.25, -0.2) is 13.2 Å². The lowest BCUT2D eigenvalue weighted by Crippen LogP contribution is -2.10. The summed E-state index contributed by atoms with van der Waals surface area (Å²) >= 11 is 3.17. The third-order valence-corrected chi connectivity index (χ3v) is 5.30. The lowest BCUT2D eigenvalue weighted by atomic mass is 10.1. The third kappa shape index (κ3) is 3.30. The van der Waals surface area contributed by atoms with E-state index in [0.29, 0.717) is 10.0 Å². The Morgan fingerprint density at radius 3 is 2.52 bits per heavy atom. The van der Waals surface area contributed by atoms with Crippen molar-refractivity contribution in [3.05, 3.63) is 39.5 Å². The smallest absolute Gasteiger partial charge is 0.335 e. The van der Waals surface area contributed by atoms with E-state index in [-0.39, 0.29) is 22.2 Å². The van der Waals surface area contributed by atoms with Gasteiger partial charge in [0, 0.05) is 11.4 Å².